The summed E-state index contributed by atoms with van der Waals surface area (Å²) in [6.45, 7) is 0.0489. The average molecular weight is 441 g/mol. The van der Waals surface area contributed by atoms with E-state index in [0.29, 0.717) is 0 Å². The Morgan fingerprint density at radius 2 is 1.29 bits per heavy atom. The van der Waals surface area contributed by atoms with Crippen molar-refractivity contribution in [3.05, 3.63) is 95.6 Å². The minimum atomic E-state index is 0. The number of fused-ring (bicyclic) bond motifs is 4. The molecule has 1 aliphatic carbocycles. The van der Waals surface area contributed by atoms with Crippen LogP contribution in [0.1, 0.15) is 16.7 Å². The van der Waals surface area contributed by atoms with E-state index in [1.165, 1.54) is 33.2 Å². The molecule has 28 heavy (non-hydrogen) atoms. The molecule has 0 atom stereocenters. The molecule has 0 unspecified atom stereocenters. The molecule has 0 heterocycles. The molecule has 5 rings (SSSR count). The molecule has 0 spiro atoms. The Hall–Kier alpha value is -1.61. The Balaban J connectivity index is 0.000000934. The van der Waals surface area contributed by atoms with Crippen LogP contribution in [0.2, 0.25) is 0 Å². The molecule has 138 valence electrons. The van der Waals surface area contributed by atoms with E-state index in [1.54, 1.807) is 0 Å². The van der Waals surface area contributed by atoms with Crippen molar-refractivity contribution in [3.63, 3.8) is 0 Å². The molecule has 0 radical (unpaired) electrons. The largest absolute Gasteiger partial charge is 2.00 e. The number of aliphatic hydroxyl groups excluding tert-OH is 1. The van der Waals surface area contributed by atoms with Crippen LogP contribution in [0.15, 0.2) is 78.9 Å². The second kappa shape index (κ2) is 9.26. The van der Waals surface area contributed by atoms with Crippen LogP contribution in [-0.2, 0) is 34.7 Å². The molecule has 0 bridgehead atoms. The number of rotatable bonds is 2. The molecule has 4 aromatic rings. The summed E-state index contributed by atoms with van der Waals surface area (Å²) in [7, 11) is 0. The zero-order valence-corrected chi connectivity index (χ0v) is 18.2. The molecular weight excluding hydrogens is 423 g/mol. The Kier molecular flexibility index (Phi) is 7.50. The first-order valence-electron chi connectivity index (χ1n) is 8.69. The molecule has 0 fully saturated rings. The van der Waals surface area contributed by atoms with Crippen LogP contribution < -0.4 is 24.8 Å². The van der Waals surface area contributed by atoms with Gasteiger partial charge in [0.15, 0.2) is 0 Å². The predicted octanol–water partition coefficient (Wildman–Crippen LogP) is -0.424. The Morgan fingerprint density at radius 1 is 0.643 bits per heavy atom. The number of hydrogen-bond donors (Lipinski definition) is 1. The topological polar surface area (TPSA) is 20.2 Å². The first-order valence-corrected chi connectivity index (χ1v) is 8.69. The fourth-order valence-corrected chi connectivity index (χ4v) is 4.17. The van der Waals surface area contributed by atoms with E-state index in [-0.39, 0.29) is 53.1 Å². The van der Waals surface area contributed by atoms with E-state index in [1.807, 2.05) is 12.1 Å². The summed E-state index contributed by atoms with van der Waals surface area (Å²) in [4.78, 5) is 0. The van der Waals surface area contributed by atoms with Crippen LogP contribution in [0.25, 0.3) is 33.0 Å². The summed E-state index contributed by atoms with van der Waals surface area (Å²) in [5.74, 6) is 0. The molecule has 0 aromatic heterocycles. The van der Waals surface area contributed by atoms with E-state index in [9.17, 15) is 5.11 Å². The van der Waals surface area contributed by atoms with Crippen molar-refractivity contribution in [1.82, 2.24) is 0 Å². The van der Waals surface area contributed by atoms with Gasteiger partial charge in [0.05, 0.1) is 6.61 Å². The smallest absolute Gasteiger partial charge is 1.00 e. The summed E-state index contributed by atoms with van der Waals surface area (Å²) < 4.78 is 0. The van der Waals surface area contributed by atoms with E-state index >= 15 is 0 Å². The zero-order valence-electron chi connectivity index (χ0n) is 15.1. The van der Waals surface area contributed by atoms with Crippen LogP contribution in [0.5, 0.6) is 0 Å². The third kappa shape index (κ3) is 3.54. The average Bonchev–Trinajstić information content (AvgIpc) is 3.06. The van der Waals surface area contributed by atoms with Crippen molar-refractivity contribution in [2.75, 3.05) is 0 Å². The molecule has 1 N–H and O–H groups in total. The van der Waals surface area contributed by atoms with Gasteiger partial charge in [-0.2, -0.15) is 0 Å². The van der Waals surface area contributed by atoms with Crippen LogP contribution in [0.4, 0.5) is 0 Å². The van der Waals surface area contributed by atoms with Gasteiger partial charge in [0.1, 0.15) is 0 Å². The van der Waals surface area contributed by atoms with Gasteiger partial charge in [-0.05, 0) is 56.1 Å². The van der Waals surface area contributed by atoms with Crippen molar-refractivity contribution < 1.29 is 51.6 Å². The quantitative estimate of drug-likeness (QED) is 0.369. The van der Waals surface area contributed by atoms with E-state index in [4.69, 9.17) is 0 Å². The van der Waals surface area contributed by atoms with Crippen molar-refractivity contribution in [1.29, 1.82) is 0 Å². The third-order valence-corrected chi connectivity index (χ3v) is 5.34. The van der Waals surface area contributed by atoms with Gasteiger partial charge < -0.3 is 29.9 Å². The summed E-state index contributed by atoms with van der Waals surface area (Å²) in [5.41, 5.74) is 8.82. The van der Waals surface area contributed by atoms with Crippen molar-refractivity contribution in [2.45, 2.75) is 13.0 Å². The van der Waals surface area contributed by atoms with Gasteiger partial charge in [-0.3, -0.25) is 0 Å². The number of aliphatic hydroxyl groups is 1. The second-order valence-electron chi connectivity index (χ2n) is 6.64. The fraction of sp³-hybridized carbons (Fsp3) is 0.0833. The maximum Gasteiger partial charge on any atom is 2.00 e. The number of hydrogen-bond acceptors (Lipinski definition) is 1. The van der Waals surface area contributed by atoms with Gasteiger partial charge in [-0.25, -0.2) is 0 Å². The van der Waals surface area contributed by atoms with Crippen LogP contribution in [0, 0.1) is 0 Å². The Labute approximate surface area is 192 Å². The molecule has 1 aliphatic rings. The maximum atomic E-state index is 10.1. The normalized spacial score (nSPS) is 10.9. The second-order valence-corrected chi connectivity index (χ2v) is 6.64. The summed E-state index contributed by atoms with van der Waals surface area (Å²) in [6.07, 6.45) is 0.958. The van der Waals surface area contributed by atoms with E-state index in [2.05, 4.69) is 66.7 Å². The molecule has 0 saturated carbocycles. The number of benzene rings is 4. The van der Waals surface area contributed by atoms with E-state index < -0.39 is 0 Å². The molecule has 0 amide bonds. The number of halogens is 2. The molecule has 0 aliphatic heterocycles. The van der Waals surface area contributed by atoms with Crippen molar-refractivity contribution in [2.24, 2.45) is 0 Å². The monoisotopic (exact) mass is 440 g/mol. The maximum absolute atomic E-state index is 10.1. The first-order chi connectivity index (χ1) is 12.4. The molecule has 4 heteroatoms. The summed E-state index contributed by atoms with van der Waals surface area (Å²) >= 11 is 0. The van der Waals surface area contributed by atoms with Gasteiger partial charge in [0.2, 0.25) is 0 Å². The molecular formula is C24H18Cl2OTi. The summed E-state index contributed by atoms with van der Waals surface area (Å²) in [6, 6.07) is 27.8. The minimum Gasteiger partial charge on any atom is -1.00 e. The van der Waals surface area contributed by atoms with Crippen molar-refractivity contribution in [3.8, 4) is 22.3 Å². The van der Waals surface area contributed by atoms with Crippen LogP contribution in [-0.4, -0.2) is 5.11 Å². The SMILES string of the molecule is OCc1c(-c2cccc3c2Cc2ccccc2-3)ccc2ccccc12.[Cl-].[Cl-].[Ti+2]. The minimum absolute atomic E-state index is 0. The molecule has 1 nitrogen and oxygen atoms in total. The third-order valence-electron chi connectivity index (χ3n) is 5.34. The predicted molar refractivity (Wildman–Crippen MR) is 104 cm³/mol. The van der Waals surface area contributed by atoms with Gasteiger partial charge in [-0.15, -0.1) is 0 Å². The van der Waals surface area contributed by atoms with Crippen LogP contribution >= 0.6 is 0 Å². The van der Waals surface area contributed by atoms with Gasteiger partial charge in [-0.1, -0.05) is 78.9 Å². The Bertz CT molecular complexity index is 1120. The molecule has 0 saturated heterocycles. The Morgan fingerprint density at radius 3 is 2.07 bits per heavy atom. The van der Waals surface area contributed by atoms with Crippen molar-refractivity contribution >= 4 is 10.8 Å². The standard InChI is InChI=1S/C24H18O.2ClH.Ti/c25-15-24-18-8-3-1-6-16(18)12-13-22(24)21-11-5-10-20-19-9-4-2-7-17(19)14-23(20)21;;;/h1-13,25H,14-15H2;2*1H;/q;;;+2/p-2. The van der Waals surface area contributed by atoms with E-state index in [0.717, 1.165) is 22.9 Å². The fourth-order valence-electron chi connectivity index (χ4n) is 4.17. The van der Waals surface area contributed by atoms with Gasteiger partial charge >= 0.3 is 21.7 Å². The zero-order chi connectivity index (χ0) is 16.8. The first kappa shape index (κ1) is 22.7. The molecule has 4 aromatic carbocycles. The van der Waals surface area contributed by atoms with Gasteiger partial charge in [0, 0.05) is 0 Å². The summed E-state index contributed by atoms with van der Waals surface area (Å²) in [5, 5.41) is 12.4. The van der Waals surface area contributed by atoms with Gasteiger partial charge in [0.25, 0.3) is 0 Å². The van der Waals surface area contributed by atoms with Crippen LogP contribution in [0.3, 0.4) is 0 Å².